The summed E-state index contributed by atoms with van der Waals surface area (Å²) in [5.74, 6) is 0.605. The zero-order valence-corrected chi connectivity index (χ0v) is 6.89. The van der Waals surface area contributed by atoms with Gasteiger partial charge >= 0.3 is 0 Å². The standard InChI is InChI=1S/C8H17NO/c1-8(2)4-3-7(5-9)6-10-8/h7H,3-6,9H2,1-2H3/t7-/m0/s1. The molecule has 2 heteroatoms. The van der Waals surface area contributed by atoms with E-state index in [4.69, 9.17) is 10.5 Å². The van der Waals surface area contributed by atoms with Crippen molar-refractivity contribution >= 4 is 0 Å². The van der Waals surface area contributed by atoms with E-state index in [1.165, 1.54) is 6.42 Å². The number of rotatable bonds is 1. The van der Waals surface area contributed by atoms with Crippen LogP contribution in [0, 0.1) is 5.92 Å². The van der Waals surface area contributed by atoms with E-state index < -0.39 is 0 Å². The van der Waals surface area contributed by atoms with Gasteiger partial charge in [-0.2, -0.15) is 0 Å². The van der Waals surface area contributed by atoms with Gasteiger partial charge < -0.3 is 10.5 Å². The van der Waals surface area contributed by atoms with Crippen LogP contribution in [0.4, 0.5) is 0 Å². The van der Waals surface area contributed by atoms with Crippen molar-refractivity contribution in [3.05, 3.63) is 0 Å². The van der Waals surface area contributed by atoms with Crippen LogP contribution in [0.3, 0.4) is 0 Å². The molecule has 1 heterocycles. The van der Waals surface area contributed by atoms with Crippen LogP contribution in [0.15, 0.2) is 0 Å². The van der Waals surface area contributed by atoms with Crippen molar-refractivity contribution in [2.24, 2.45) is 11.7 Å². The Labute approximate surface area is 62.7 Å². The van der Waals surface area contributed by atoms with Crippen molar-refractivity contribution < 1.29 is 4.74 Å². The normalized spacial score (nSPS) is 32.1. The Balaban J connectivity index is 2.31. The van der Waals surface area contributed by atoms with Crippen molar-refractivity contribution in [3.63, 3.8) is 0 Å². The first-order valence-corrected chi connectivity index (χ1v) is 3.98. The lowest BCUT2D eigenvalue weighted by Gasteiger charge is -2.34. The van der Waals surface area contributed by atoms with Crippen molar-refractivity contribution in [2.45, 2.75) is 32.3 Å². The zero-order valence-electron chi connectivity index (χ0n) is 6.89. The summed E-state index contributed by atoms with van der Waals surface area (Å²) < 4.78 is 5.59. The molecule has 2 N–H and O–H groups in total. The lowest BCUT2D eigenvalue weighted by Crippen LogP contribution is -2.36. The molecule has 60 valence electrons. The largest absolute Gasteiger partial charge is 0.375 e. The Morgan fingerprint density at radius 3 is 2.70 bits per heavy atom. The minimum absolute atomic E-state index is 0.103. The lowest BCUT2D eigenvalue weighted by atomic mass is 9.92. The maximum absolute atomic E-state index is 5.59. The summed E-state index contributed by atoms with van der Waals surface area (Å²) in [5.41, 5.74) is 5.61. The molecule has 2 nitrogen and oxygen atoms in total. The molecule has 1 fully saturated rings. The van der Waals surface area contributed by atoms with Crippen molar-refractivity contribution in [2.75, 3.05) is 13.2 Å². The predicted molar refractivity (Wildman–Crippen MR) is 41.8 cm³/mol. The molecule has 0 aromatic heterocycles. The second-order valence-electron chi connectivity index (χ2n) is 3.71. The number of hydrogen-bond donors (Lipinski definition) is 1. The third kappa shape index (κ3) is 1.96. The zero-order chi connectivity index (χ0) is 7.61. The van der Waals surface area contributed by atoms with Crippen LogP contribution in [0.25, 0.3) is 0 Å². The number of nitrogens with two attached hydrogens (primary N) is 1. The molecule has 1 aliphatic heterocycles. The van der Waals surface area contributed by atoms with E-state index in [-0.39, 0.29) is 5.60 Å². The highest BCUT2D eigenvalue weighted by molar-refractivity contribution is 4.77. The average Bonchev–Trinajstić information content (AvgIpc) is 1.88. The molecule has 0 aromatic carbocycles. The van der Waals surface area contributed by atoms with E-state index in [2.05, 4.69) is 13.8 Å². The molecule has 10 heavy (non-hydrogen) atoms. The van der Waals surface area contributed by atoms with Crippen LogP contribution in [-0.4, -0.2) is 18.8 Å². The molecule has 0 aliphatic carbocycles. The third-order valence-corrected chi connectivity index (χ3v) is 2.20. The van der Waals surface area contributed by atoms with Gasteiger partial charge in [0.1, 0.15) is 0 Å². The molecular formula is C8H17NO. The minimum atomic E-state index is 0.103. The molecule has 1 rings (SSSR count). The predicted octanol–water partition coefficient (Wildman–Crippen LogP) is 1.15. The van der Waals surface area contributed by atoms with Gasteiger partial charge in [-0.25, -0.2) is 0 Å². The van der Waals surface area contributed by atoms with Gasteiger partial charge in [0, 0.05) is 0 Å². The molecule has 1 atom stereocenters. The van der Waals surface area contributed by atoms with Gasteiger partial charge in [-0.3, -0.25) is 0 Å². The Morgan fingerprint density at radius 1 is 1.60 bits per heavy atom. The molecule has 0 unspecified atom stereocenters. The second-order valence-corrected chi connectivity index (χ2v) is 3.71. The number of hydrogen-bond acceptors (Lipinski definition) is 2. The highest BCUT2D eigenvalue weighted by Gasteiger charge is 2.26. The smallest absolute Gasteiger partial charge is 0.0626 e. The molecular weight excluding hydrogens is 126 g/mol. The summed E-state index contributed by atoms with van der Waals surface area (Å²) in [7, 11) is 0. The van der Waals surface area contributed by atoms with Crippen molar-refractivity contribution in [1.29, 1.82) is 0 Å². The molecule has 0 bridgehead atoms. The first-order chi connectivity index (χ1) is 4.64. The summed E-state index contributed by atoms with van der Waals surface area (Å²) in [5, 5.41) is 0. The van der Waals surface area contributed by atoms with E-state index >= 15 is 0 Å². The molecule has 0 amide bonds. The van der Waals surface area contributed by atoms with E-state index in [9.17, 15) is 0 Å². The first-order valence-electron chi connectivity index (χ1n) is 3.98. The average molecular weight is 143 g/mol. The monoisotopic (exact) mass is 143 g/mol. The minimum Gasteiger partial charge on any atom is -0.375 e. The summed E-state index contributed by atoms with van der Waals surface area (Å²) in [6, 6.07) is 0. The SMILES string of the molecule is CC1(C)CC[C@@H](CN)CO1. The maximum atomic E-state index is 5.59. The fourth-order valence-corrected chi connectivity index (χ4v) is 1.24. The number of ether oxygens (including phenoxy) is 1. The van der Waals surface area contributed by atoms with Crippen LogP contribution >= 0.6 is 0 Å². The topological polar surface area (TPSA) is 35.2 Å². The van der Waals surface area contributed by atoms with Crippen molar-refractivity contribution in [3.8, 4) is 0 Å². The lowest BCUT2D eigenvalue weighted by molar-refractivity contribution is -0.0744. The van der Waals surface area contributed by atoms with Gasteiger partial charge in [-0.1, -0.05) is 0 Å². The Kier molecular flexibility index (Phi) is 2.32. The fourth-order valence-electron chi connectivity index (χ4n) is 1.24. The third-order valence-electron chi connectivity index (χ3n) is 2.20. The molecule has 1 aliphatic rings. The first kappa shape index (κ1) is 8.02. The van der Waals surface area contributed by atoms with Crippen LogP contribution < -0.4 is 5.73 Å². The van der Waals surface area contributed by atoms with E-state index in [1.807, 2.05) is 0 Å². The van der Waals surface area contributed by atoms with Crippen LogP contribution in [0.2, 0.25) is 0 Å². The molecule has 0 saturated carbocycles. The van der Waals surface area contributed by atoms with Crippen LogP contribution in [0.1, 0.15) is 26.7 Å². The summed E-state index contributed by atoms with van der Waals surface area (Å²) in [6.07, 6.45) is 2.37. The molecule has 0 spiro atoms. The fraction of sp³-hybridized carbons (Fsp3) is 1.00. The quantitative estimate of drug-likeness (QED) is 0.597. The van der Waals surface area contributed by atoms with Crippen LogP contribution in [-0.2, 0) is 4.74 Å². The van der Waals surface area contributed by atoms with Gasteiger partial charge in [0.25, 0.3) is 0 Å². The summed E-state index contributed by atoms with van der Waals surface area (Å²) in [6.45, 7) is 5.90. The van der Waals surface area contributed by atoms with Gasteiger partial charge in [0.15, 0.2) is 0 Å². The summed E-state index contributed by atoms with van der Waals surface area (Å²) >= 11 is 0. The molecule has 0 radical (unpaired) electrons. The Hall–Kier alpha value is -0.0800. The van der Waals surface area contributed by atoms with Gasteiger partial charge in [-0.05, 0) is 39.2 Å². The van der Waals surface area contributed by atoms with Gasteiger partial charge in [0.05, 0.1) is 12.2 Å². The highest BCUT2D eigenvalue weighted by Crippen LogP contribution is 2.26. The van der Waals surface area contributed by atoms with Crippen molar-refractivity contribution in [1.82, 2.24) is 0 Å². The van der Waals surface area contributed by atoms with E-state index in [1.54, 1.807) is 0 Å². The van der Waals surface area contributed by atoms with Crippen LogP contribution in [0.5, 0.6) is 0 Å². The Morgan fingerprint density at radius 2 is 2.30 bits per heavy atom. The second kappa shape index (κ2) is 2.89. The van der Waals surface area contributed by atoms with Gasteiger partial charge in [0.2, 0.25) is 0 Å². The maximum Gasteiger partial charge on any atom is 0.0626 e. The Bertz CT molecular complexity index is 102. The van der Waals surface area contributed by atoms with Gasteiger partial charge in [-0.15, -0.1) is 0 Å². The van der Waals surface area contributed by atoms with E-state index in [0.717, 1.165) is 19.6 Å². The molecule has 0 aromatic rings. The van der Waals surface area contributed by atoms with E-state index in [0.29, 0.717) is 5.92 Å². The summed E-state index contributed by atoms with van der Waals surface area (Å²) in [4.78, 5) is 0. The molecule has 1 saturated heterocycles. The highest BCUT2D eigenvalue weighted by atomic mass is 16.5.